The fraction of sp³-hybridized carbons (Fsp3) is 0.550. The normalized spacial score (nSPS) is 29.1. The van der Waals surface area contributed by atoms with Gasteiger partial charge in [-0.2, -0.15) is 5.10 Å². The van der Waals surface area contributed by atoms with Crippen LogP contribution >= 0.6 is 0 Å². The van der Waals surface area contributed by atoms with Crippen molar-refractivity contribution in [1.29, 1.82) is 0 Å². The molecule has 1 saturated carbocycles. The second kappa shape index (κ2) is 7.99. The van der Waals surface area contributed by atoms with Crippen molar-refractivity contribution in [2.24, 2.45) is 22.3 Å². The van der Waals surface area contributed by atoms with E-state index in [-0.39, 0.29) is 29.6 Å². The number of hydrazone groups is 1. The van der Waals surface area contributed by atoms with Crippen LogP contribution in [0.1, 0.15) is 60.9 Å². The van der Waals surface area contributed by atoms with Gasteiger partial charge in [0.2, 0.25) is 0 Å². The number of Topliss-reactive ketones (excluding diaryl/α,β-unsaturated/α-hetero) is 1. The Hall–Kier alpha value is -2.21. The first-order chi connectivity index (χ1) is 12.6. The van der Waals surface area contributed by atoms with Gasteiger partial charge >= 0.3 is 5.97 Å². The Bertz CT molecular complexity index is 693. The van der Waals surface area contributed by atoms with Gasteiger partial charge in [-0.05, 0) is 56.4 Å². The molecule has 1 saturated heterocycles. The second-order valence-corrected chi connectivity index (χ2v) is 7.62. The first-order valence-corrected chi connectivity index (χ1v) is 9.37. The van der Waals surface area contributed by atoms with Crippen molar-refractivity contribution in [3.8, 4) is 0 Å². The highest BCUT2D eigenvalue weighted by molar-refractivity contribution is 6.06. The highest BCUT2D eigenvalue weighted by Crippen LogP contribution is 2.48. The van der Waals surface area contributed by atoms with Crippen molar-refractivity contribution in [2.45, 2.75) is 51.0 Å². The molecule has 1 heterocycles. The van der Waals surface area contributed by atoms with Gasteiger partial charge in [-0.1, -0.05) is 24.3 Å². The van der Waals surface area contributed by atoms with E-state index < -0.39 is 5.97 Å². The Morgan fingerprint density at radius 2 is 2.00 bits per heavy atom. The molecule has 1 aliphatic heterocycles. The lowest BCUT2D eigenvalue weighted by Gasteiger charge is -2.48. The predicted octanol–water partition coefficient (Wildman–Crippen LogP) is 2.57. The molecule has 0 radical (unpaired) electrons. The lowest BCUT2D eigenvalue weighted by molar-refractivity contribution is -0.138. The molecule has 0 bridgehead atoms. The molecule has 0 amide bonds. The summed E-state index contributed by atoms with van der Waals surface area (Å²) in [5.41, 5.74) is 1.31. The molecule has 6 nitrogen and oxygen atoms in total. The van der Waals surface area contributed by atoms with Crippen molar-refractivity contribution in [1.82, 2.24) is 5.32 Å². The Balaban J connectivity index is 1.82. The number of rotatable bonds is 5. The second-order valence-electron chi connectivity index (χ2n) is 7.62. The maximum Gasteiger partial charge on any atom is 0.303 e. The zero-order valence-electron chi connectivity index (χ0n) is 15.0. The first kappa shape index (κ1) is 18.6. The highest BCUT2D eigenvalue weighted by atomic mass is 16.4. The van der Waals surface area contributed by atoms with E-state index >= 15 is 0 Å². The number of benzene rings is 1. The average Bonchev–Trinajstić information content (AvgIpc) is 2.64. The fourth-order valence-electron chi connectivity index (χ4n) is 4.73. The van der Waals surface area contributed by atoms with Crippen LogP contribution in [0.5, 0.6) is 0 Å². The SMILES string of the molecule is NN=Cc1ccccc1C(=O)C1NCCCC12CCC(CC(=O)O)CC2. The molecular formula is C20H27N3O3. The van der Waals surface area contributed by atoms with Gasteiger partial charge in [-0.25, -0.2) is 0 Å². The van der Waals surface area contributed by atoms with E-state index in [0.29, 0.717) is 5.56 Å². The van der Waals surface area contributed by atoms with Crippen molar-refractivity contribution < 1.29 is 14.7 Å². The van der Waals surface area contributed by atoms with Crippen LogP contribution in [0.3, 0.4) is 0 Å². The minimum absolute atomic E-state index is 0.0721. The number of ketones is 1. The molecule has 26 heavy (non-hydrogen) atoms. The summed E-state index contributed by atoms with van der Waals surface area (Å²) in [5, 5.41) is 16.1. The van der Waals surface area contributed by atoms with E-state index in [4.69, 9.17) is 10.9 Å². The molecule has 1 aromatic carbocycles. The molecular weight excluding hydrogens is 330 g/mol. The first-order valence-electron chi connectivity index (χ1n) is 9.37. The summed E-state index contributed by atoms with van der Waals surface area (Å²) in [7, 11) is 0. The third-order valence-corrected chi connectivity index (χ3v) is 6.08. The smallest absolute Gasteiger partial charge is 0.303 e. The third kappa shape index (κ3) is 3.80. The van der Waals surface area contributed by atoms with E-state index in [9.17, 15) is 9.59 Å². The van der Waals surface area contributed by atoms with E-state index in [1.165, 1.54) is 6.21 Å². The van der Waals surface area contributed by atoms with Crippen LogP contribution in [-0.4, -0.2) is 35.7 Å². The van der Waals surface area contributed by atoms with E-state index in [1.54, 1.807) is 0 Å². The summed E-state index contributed by atoms with van der Waals surface area (Å²) in [6.45, 7) is 0.837. The molecule has 1 aliphatic carbocycles. The van der Waals surface area contributed by atoms with Gasteiger partial charge in [-0.15, -0.1) is 0 Å². The van der Waals surface area contributed by atoms with E-state index in [1.807, 2.05) is 24.3 Å². The van der Waals surface area contributed by atoms with Crippen LogP contribution in [0, 0.1) is 11.3 Å². The van der Waals surface area contributed by atoms with Gasteiger partial charge in [0.1, 0.15) is 0 Å². The quantitative estimate of drug-likeness (QED) is 0.325. The minimum Gasteiger partial charge on any atom is -0.481 e. The van der Waals surface area contributed by atoms with Gasteiger partial charge < -0.3 is 16.3 Å². The molecule has 1 unspecified atom stereocenters. The van der Waals surface area contributed by atoms with E-state index in [0.717, 1.165) is 50.6 Å². The maximum atomic E-state index is 13.4. The Labute approximate surface area is 153 Å². The summed E-state index contributed by atoms with van der Waals surface area (Å²) in [5.74, 6) is 4.89. The number of piperidine rings is 1. The number of nitrogens with zero attached hydrogens (tertiary/aromatic N) is 1. The molecule has 140 valence electrons. The maximum absolute atomic E-state index is 13.4. The van der Waals surface area contributed by atoms with Crippen LogP contribution in [0.15, 0.2) is 29.4 Å². The van der Waals surface area contributed by atoms with Crippen LogP contribution < -0.4 is 11.2 Å². The standard InChI is InChI=1S/C20H27N3O3/c21-23-13-15-4-1-2-5-16(15)18(26)19-20(8-3-11-22-19)9-6-14(7-10-20)12-17(24)25/h1-2,4-5,13-14,19,22H,3,6-12,21H2,(H,24,25). The molecule has 1 aromatic rings. The topological polar surface area (TPSA) is 105 Å². The molecule has 1 spiro atoms. The number of carboxylic acids is 1. The van der Waals surface area contributed by atoms with Crippen LogP contribution in [0.2, 0.25) is 0 Å². The van der Waals surface area contributed by atoms with Gasteiger partial charge in [0.15, 0.2) is 5.78 Å². The lowest BCUT2D eigenvalue weighted by atomic mass is 9.61. The van der Waals surface area contributed by atoms with Crippen molar-refractivity contribution in [3.63, 3.8) is 0 Å². The van der Waals surface area contributed by atoms with Crippen molar-refractivity contribution >= 4 is 18.0 Å². The summed E-state index contributed by atoms with van der Waals surface area (Å²) in [4.78, 5) is 24.4. The molecule has 1 atom stereocenters. The molecule has 2 fully saturated rings. The number of carboxylic acid groups (broad SMARTS) is 1. The summed E-state index contributed by atoms with van der Waals surface area (Å²) in [6.07, 6.45) is 7.39. The van der Waals surface area contributed by atoms with Crippen molar-refractivity contribution in [2.75, 3.05) is 6.54 Å². The number of hydrogen-bond acceptors (Lipinski definition) is 5. The monoisotopic (exact) mass is 357 g/mol. The molecule has 0 aromatic heterocycles. The number of carbonyl (C=O) groups is 2. The lowest BCUT2D eigenvalue weighted by Crippen LogP contribution is -2.55. The Morgan fingerprint density at radius 3 is 2.69 bits per heavy atom. The molecule has 2 aliphatic rings. The zero-order chi connectivity index (χ0) is 18.6. The number of aliphatic carboxylic acids is 1. The third-order valence-electron chi connectivity index (χ3n) is 6.08. The summed E-state index contributed by atoms with van der Waals surface area (Å²) in [6, 6.07) is 7.19. The number of nitrogens with one attached hydrogen (secondary N) is 1. The van der Waals surface area contributed by atoms with Gasteiger partial charge in [0.25, 0.3) is 0 Å². The molecule has 4 N–H and O–H groups in total. The van der Waals surface area contributed by atoms with Crippen LogP contribution in [-0.2, 0) is 4.79 Å². The molecule has 6 heteroatoms. The number of carbonyl (C=O) groups excluding carboxylic acids is 1. The van der Waals surface area contributed by atoms with Gasteiger partial charge in [0, 0.05) is 17.5 Å². The Kier molecular flexibility index (Phi) is 5.71. The van der Waals surface area contributed by atoms with Gasteiger partial charge in [-0.3, -0.25) is 9.59 Å². The van der Waals surface area contributed by atoms with E-state index in [2.05, 4.69) is 10.4 Å². The largest absolute Gasteiger partial charge is 0.481 e. The minimum atomic E-state index is -0.727. The summed E-state index contributed by atoms with van der Waals surface area (Å²) >= 11 is 0. The molecule has 3 rings (SSSR count). The number of hydrogen-bond donors (Lipinski definition) is 3. The highest BCUT2D eigenvalue weighted by Gasteiger charge is 2.46. The zero-order valence-corrected chi connectivity index (χ0v) is 15.0. The fourth-order valence-corrected chi connectivity index (χ4v) is 4.73. The number of nitrogens with two attached hydrogens (primary N) is 1. The average molecular weight is 357 g/mol. The van der Waals surface area contributed by atoms with Crippen molar-refractivity contribution in [3.05, 3.63) is 35.4 Å². The summed E-state index contributed by atoms with van der Waals surface area (Å²) < 4.78 is 0. The predicted molar refractivity (Wildman–Crippen MR) is 100 cm³/mol. The Morgan fingerprint density at radius 1 is 1.27 bits per heavy atom. The van der Waals surface area contributed by atoms with Crippen LogP contribution in [0.25, 0.3) is 0 Å². The van der Waals surface area contributed by atoms with Crippen LogP contribution in [0.4, 0.5) is 0 Å². The van der Waals surface area contributed by atoms with Gasteiger partial charge in [0.05, 0.1) is 12.3 Å².